The highest BCUT2D eigenvalue weighted by atomic mass is 19.1. The van der Waals surface area contributed by atoms with E-state index in [1.54, 1.807) is 27.0 Å². The van der Waals surface area contributed by atoms with E-state index in [0.717, 1.165) is 18.0 Å². The van der Waals surface area contributed by atoms with Crippen LogP contribution in [0.1, 0.15) is 72.4 Å². The van der Waals surface area contributed by atoms with E-state index in [4.69, 9.17) is 14.2 Å². The van der Waals surface area contributed by atoms with Gasteiger partial charge in [0.15, 0.2) is 0 Å². The Labute approximate surface area is 264 Å². The Morgan fingerprint density at radius 1 is 0.978 bits per heavy atom. The number of aryl methyl sites for hydroxylation is 1. The van der Waals surface area contributed by atoms with Crippen LogP contribution in [0.5, 0.6) is 0 Å². The minimum Gasteiger partial charge on any atom is -0.449 e. The predicted octanol–water partition coefficient (Wildman–Crippen LogP) is 4.98. The zero-order valence-electron chi connectivity index (χ0n) is 26.9. The van der Waals surface area contributed by atoms with Crippen LogP contribution in [-0.4, -0.2) is 98.2 Å². The van der Waals surface area contributed by atoms with Crippen molar-refractivity contribution in [3.05, 3.63) is 52.1 Å². The summed E-state index contributed by atoms with van der Waals surface area (Å²) in [4.78, 5) is 58.2. The van der Waals surface area contributed by atoms with Gasteiger partial charge in [-0.15, -0.1) is 0 Å². The normalized spacial score (nSPS) is 13.3. The number of unbranched alkanes of at least 4 members (excludes halogenated alkanes) is 1. The number of likely N-dealkylation sites (N-methyl/N-ethyl adjacent to an activating group) is 1. The molecule has 0 aliphatic carbocycles. The van der Waals surface area contributed by atoms with Crippen molar-refractivity contribution in [3.63, 3.8) is 0 Å². The molecule has 0 saturated carbocycles. The average Bonchev–Trinajstić information content (AvgIpc) is 3.47. The number of H-pyrrole nitrogens is 1. The van der Waals surface area contributed by atoms with Gasteiger partial charge in [0.1, 0.15) is 11.6 Å². The lowest BCUT2D eigenvalue weighted by atomic mass is 10.0. The Balaban J connectivity index is 1.69. The summed E-state index contributed by atoms with van der Waals surface area (Å²) >= 11 is 0. The highest BCUT2D eigenvalue weighted by Gasteiger charge is 2.30. The second-order valence-corrected chi connectivity index (χ2v) is 10.8. The number of hydrogen-bond acceptors (Lipinski definition) is 8. The van der Waals surface area contributed by atoms with E-state index in [1.165, 1.54) is 18.2 Å². The van der Waals surface area contributed by atoms with E-state index in [0.29, 0.717) is 85.8 Å². The maximum atomic E-state index is 14.0. The van der Waals surface area contributed by atoms with E-state index in [1.807, 2.05) is 13.8 Å². The molecular formula is C33H45FN4O7. The number of aromatic nitrogens is 1. The molecular weight excluding hydrogens is 583 g/mol. The summed E-state index contributed by atoms with van der Waals surface area (Å²) in [5.74, 6) is -1.29. The smallest absolute Gasteiger partial charge is 0.416 e. The van der Waals surface area contributed by atoms with Crippen LogP contribution in [0.4, 0.5) is 14.9 Å². The first-order valence-corrected chi connectivity index (χ1v) is 15.4. The summed E-state index contributed by atoms with van der Waals surface area (Å²) in [7, 11) is 1.59. The number of methoxy groups -OCH3 is 1. The number of ketones is 1. The van der Waals surface area contributed by atoms with Gasteiger partial charge < -0.3 is 29.4 Å². The molecule has 0 atom stereocenters. The zero-order chi connectivity index (χ0) is 32.9. The number of imide groups is 1. The molecule has 1 aromatic heterocycles. The van der Waals surface area contributed by atoms with Gasteiger partial charge in [-0.1, -0.05) is 13.8 Å². The first kappa shape index (κ1) is 35.6. The SMILES string of the molecule is CCN(CC)CCN(C(=O)OCCCCC(=O)CCOCCOC)C(=O)c1c(C)[nH]c(/C=C2\C(=O)Nc3ccc(F)cc32)c1C. The Hall–Kier alpha value is -3.87. The van der Waals surface area contributed by atoms with Gasteiger partial charge in [-0.05, 0) is 69.6 Å². The number of anilines is 1. The number of carbonyl (C=O) groups is 4. The van der Waals surface area contributed by atoms with Gasteiger partial charge in [0.05, 0.1) is 37.6 Å². The van der Waals surface area contributed by atoms with Gasteiger partial charge in [0, 0.05) is 55.7 Å². The maximum Gasteiger partial charge on any atom is 0.416 e. The molecule has 0 saturated heterocycles. The molecule has 2 heterocycles. The first-order chi connectivity index (χ1) is 21.6. The molecule has 0 unspecified atom stereocenters. The quantitative estimate of drug-likeness (QED) is 0.175. The molecule has 0 fully saturated rings. The minimum absolute atomic E-state index is 0.0685. The molecule has 2 aromatic rings. The number of hydrogen-bond donors (Lipinski definition) is 2. The molecule has 1 aromatic carbocycles. The number of nitrogens with one attached hydrogen (secondary N) is 2. The van der Waals surface area contributed by atoms with Crippen LogP contribution in [0.15, 0.2) is 18.2 Å². The molecule has 246 valence electrons. The minimum atomic E-state index is -0.760. The number of carbonyl (C=O) groups excluding carboxylic acids is 4. The van der Waals surface area contributed by atoms with Gasteiger partial charge in [0.2, 0.25) is 0 Å². The Bertz CT molecular complexity index is 1380. The fourth-order valence-electron chi connectivity index (χ4n) is 5.10. The van der Waals surface area contributed by atoms with Crippen LogP contribution in [-0.2, 0) is 23.8 Å². The lowest BCUT2D eigenvalue weighted by Crippen LogP contribution is -2.43. The molecule has 11 nitrogen and oxygen atoms in total. The van der Waals surface area contributed by atoms with Crippen molar-refractivity contribution in [1.29, 1.82) is 0 Å². The van der Waals surface area contributed by atoms with Crippen molar-refractivity contribution < 1.29 is 37.8 Å². The molecule has 3 rings (SSSR count). The number of halogens is 1. The van der Waals surface area contributed by atoms with Crippen molar-refractivity contribution in [2.24, 2.45) is 0 Å². The van der Waals surface area contributed by atoms with Crippen LogP contribution < -0.4 is 5.32 Å². The summed E-state index contributed by atoms with van der Waals surface area (Å²) < 4.78 is 29.7. The molecule has 3 amide bonds. The number of Topliss-reactive ketones (excluding diaryl/α,β-unsaturated/α-hetero) is 1. The molecule has 12 heteroatoms. The number of ether oxygens (including phenoxy) is 3. The third kappa shape index (κ3) is 9.81. The number of benzene rings is 1. The standard InChI is InChI=1S/C33H45FN4O7/c1-6-37(7-2)14-15-38(33(42)45-16-9-8-10-25(39)13-17-44-19-18-43-5)32(41)30-22(3)29(35-23(30)4)21-27-26-20-24(34)11-12-28(26)36-31(27)40/h11-12,20-21,35H,6-10,13-19H2,1-5H3,(H,36,40)/b27-21-. The molecule has 1 aliphatic rings. The lowest BCUT2D eigenvalue weighted by molar-refractivity contribution is -0.120. The Morgan fingerprint density at radius 2 is 1.73 bits per heavy atom. The fraction of sp³-hybridized carbons (Fsp3) is 0.515. The van der Waals surface area contributed by atoms with Gasteiger partial charge in [-0.2, -0.15) is 0 Å². The van der Waals surface area contributed by atoms with Crippen molar-refractivity contribution in [3.8, 4) is 0 Å². The monoisotopic (exact) mass is 628 g/mol. The number of rotatable bonds is 18. The van der Waals surface area contributed by atoms with Crippen LogP contribution in [0.3, 0.4) is 0 Å². The van der Waals surface area contributed by atoms with Crippen molar-refractivity contribution in [2.45, 2.75) is 53.4 Å². The third-order valence-electron chi connectivity index (χ3n) is 7.78. The lowest BCUT2D eigenvalue weighted by Gasteiger charge is -2.25. The van der Waals surface area contributed by atoms with Gasteiger partial charge in [-0.3, -0.25) is 14.4 Å². The van der Waals surface area contributed by atoms with E-state index < -0.39 is 17.8 Å². The van der Waals surface area contributed by atoms with E-state index in [2.05, 4.69) is 15.2 Å². The average molecular weight is 629 g/mol. The van der Waals surface area contributed by atoms with Crippen molar-refractivity contribution >= 4 is 41.0 Å². The Morgan fingerprint density at radius 3 is 2.44 bits per heavy atom. The summed E-state index contributed by atoms with van der Waals surface area (Å²) in [5, 5.41) is 2.72. The fourth-order valence-corrected chi connectivity index (χ4v) is 5.10. The molecule has 0 radical (unpaired) electrons. The van der Waals surface area contributed by atoms with Crippen LogP contribution in [0.2, 0.25) is 0 Å². The predicted molar refractivity (Wildman–Crippen MR) is 170 cm³/mol. The number of amides is 3. The largest absolute Gasteiger partial charge is 0.449 e. The number of fused-ring (bicyclic) bond motifs is 1. The van der Waals surface area contributed by atoms with Crippen LogP contribution >= 0.6 is 0 Å². The summed E-state index contributed by atoms with van der Waals surface area (Å²) in [6.07, 6.45) is 2.52. The van der Waals surface area contributed by atoms with Crippen LogP contribution in [0, 0.1) is 19.7 Å². The molecule has 0 bridgehead atoms. The number of nitrogens with zero attached hydrogens (tertiary/aromatic N) is 2. The molecule has 1 aliphatic heterocycles. The van der Waals surface area contributed by atoms with Gasteiger partial charge >= 0.3 is 6.09 Å². The van der Waals surface area contributed by atoms with E-state index in [-0.39, 0.29) is 30.4 Å². The third-order valence-corrected chi connectivity index (χ3v) is 7.78. The van der Waals surface area contributed by atoms with Gasteiger partial charge in [-0.25, -0.2) is 14.1 Å². The highest BCUT2D eigenvalue weighted by molar-refractivity contribution is 6.35. The van der Waals surface area contributed by atoms with Gasteiger partial charge in [0.25, 0.3) is 11.8 Å². The second-order valence-electron chi connectivity index (χ2n) is 10.8. The van der Waals surface area contributed by atoms with E-state index in [9.17, 15) is 23.6 Å². The Kier molecular flexibility index (Phi) is 13.9. The summed E-state index contributed by atoms with van der Waals surface area (Å²) in [6.45, 7) is 10.9. The first-order valence-electron chi connectivity index (χ1n) is 15.4. The topological polar surface area (TPSA) is 130 Å². The maximum absolute atomic E-state index is 14.0. The highest BCUT2D eigenvalue weighted by Crippen LogP contribution is 2.34. The molecule has 2 N–H and O–H groups in total. The number of aromatic amines is 1. The zero-order valence-corrected chi connectivity index (χ0v) is 26.9. The second kappa shape index (κ2) is 17.6. The summed E-state index contributed by atoms with van der Waals surface area (Å²) in [6, 6.07) is 4.07. The van der Waals surface area contributed by atoms with Crippen molar-refractivity contribution in [1.82, 2.24) is 14.8 Å². The molecule has 45 heavy (non-hydrogen) atoms. The van der Waals surface area contributed by atoms with E-state index >= 15 is 0 Å². The van der Waals surface area contributed by atoms with Crippen molar-refractivity contribution in [2.75, 3.05) is 65.0 Å². The van der Waals surface area contributed by atoms with Crippen LogP contribution in [0.25, 0.3) is 11.6 Å². The summed E-state index contributed by atoms with van der Waals surface area (Å²) in [5.41, 5.74) is 3.08. The molecule has 0 spiro atoms.